The summed E-state index contributed by atoms with van der Waals surface area (Å²) in [5.41, 5.74) is 2.45. The van der Waals surface area contributed by atoms with Crippen LogP contribution in [0.4, 0.5) is 5.69 Å². The summed E-state index contributed by atoms with van der Waals surface area (Å²) < 4.78 is 30.6. The van der Waals surface area contributed by atoms with Crippen molar-refractivity contribution < 1.29 is 17.7 Å². The number of carbonyl (C=O) groups excluding carboxylic acids is 1. The van der Waals surface area contributed by atoms with Gasteiger partial charge in [0.1, 0.15) is 5.76 Å². The molecular weight excluding hydrogens is 404 g/mol. The van der Waals surface area contributed by atoms with Crippen molar-refractivity contribution in [3.63, 3.8) is 0 Å². The van der Waals surface area contributed by atoms with Gasteiger partial charge in [-0.3, -0.25) is 14.0 Å². The van der Waals surface area contributed by atoms with Gasteiger partial charge >= 0.3 is 0 Å². The molecule has 4 rings (SSSR count). The number of hydrogen-bond acceptors (Lipinski definition) is 6. The summed E-state index contributed by atoms with van der Waals surface area (Å²) in [5, 5.41) is 4.02. The predicted molar refractivity (Wildman–Crippen MR) is 114 cm³/mol. The maximum atomic E-state index is 12.5. The third-order valence-corrected chi connectivity index (χ3v) is 7.31. The SMILES string of the molecule is Cc1cc(CN2CCN(C(=O)/C=C/c3ccc(N4CCCS4(=O)=O)cc3)CC2)no1. The highest BCUT2D eigenvalue weighted by atomic mass is 32.2. The third-order valence-electron chi connectivity index (χ3n) is 5.45. The van der Waals surface area contributed by atoms with Gasteiger partial charge in [0.15, 0.2) is 0 Å². The van der Waals surface area contributed by atoms with E-state index < -0.39 is 10.0 Å². The summed E-state index contributed by atoms with van der Waals surface area (Å²) in [6.45, 7) is 6.07. The Hall–Kier alpha value is -2.65. The molecule has 0 bridgehead atoms. The standard InChI is InChI=1S/C21H26N4O4S/c1-17-15-19(22-29-17)16-23-10-12-24(13-11-23)21(26)8-5-18-3-6-20(7-4-18)25-9-2-14-30(25,27)28/h3-8,15H,2,9-14,16H2,1H3/b8-5+. The average molecular weight is 431 g/mol. The fourth-order valence-electron chi connectivity index (χ4n) is 3.80. The molecule has 0 atom stereocenters. The van der Waals surface area contributed by atoms with Crippen molar-refractivity contribution in [3.8, 4) is 0 Å². The summed E-state index contributed by atoms with van der Waals surface area (Å²) in [5.74, 6) is 0.992. The lowest BCUT2D eigenvalue weighted by molar-refractivity contribution is -0.127. The third kappa shape index (κ3) is 4.73. The number of amides is 1. The van der Waals surface area contributed by atoms with E-state index in [-0.39, 0.29) is 11.7 Å². The van der Waals surface area contributed by atoms with Crippen LogP contribution >= 0.6 is 0 Å². The summed E-state index contributed by atoms with van der Waals surface area (Å²) in [6.07, 6.45) is 4.01. The largest absolute Gasteiger partial charge is 0.361 e. The minimum Gasteiger partial charge on any atom is -0.361 e. The first kappa shape index (κ1) is 20.6. The van der Waals surface area contributed by atoms with E-state index in [2.05, 4.69) is 10.1 Å². The van der Waals surface area contributed by atoms with Crippen LogP contribution in [0.2, 0.25) is 0 Å². The first-order chi connectivity index (χ1) is 14.4. The van der Waals surface area contributed by atoms with Gasteiger partial charge in [0.05, 0.1) is 17.1 Å². The van der Waals surface area contributed by atoms with E-state index in [1.807, 2.05) is 30.0 Å². The van der Waals surface area contributed by atoms with Crippen LogP contribution in [0.3, 0.4) is 0 Å². The summed E-state index contributed by atoms with van der Waals surface area (Å²) in [4.78, 5) is 16.6. The first-order valence-electron chi connectivity index (χ1n) is 10.1. The Bertz CT molecular complexity index is 1020. The van der Waals surface area contributed by atoms with Crippen molar-refractivity contribution >= 4 is 27.7 Å². The van der Waals surface area contributed by atoms with Crippen LogP contribution in [0.1, 0.15) is 23.4 Å². The lowest BCUT2D eigenvalue weighted by Crippen LogP contribution is -2.47. The average Bonchev–Trinajstić information content (AvgIpc) is 3.31. The normalized spacial score (nSPS) is 19.6. The number of nitrogens with zero attached hydrogens (tertiary/aromatic N) is 4. The van der Waals surface area contributed by atoms with Crippen LogP contribution in [-0.2, 0) is 21.4 Å². The zero-order chi connectivity index (χ0) is 21.1. The van der Waals surface area contributed by atoms with E-state index in [0.29, 0.717) is 31.7 Å². The van der Waals surface area contributed by atoms with Crippen molar-refractivity contribution in [2.75, 3.05) is 42.8 Å². The topological polar surface area (TPSA) is 87.0 Å². The van der Waals surface area contributed by atoms with Crippen LogP contribution in [0, 0.1) is 6.92 Å². The molecule has 160 valence electrons. The molecule has 2 fully saturated rings. The number of hydrogen-bond donors (Lipinski definition) is 0. The molecule has 1 amide bonds. The number of carbonyl (C=O) groups is 1. The van der Waals surface area contributed by atoms with Crippen LogP contribution < -0.4 is 4.31 Å². The van der Waals surface area contributed by atoms with Gasteiger partial charge in [-0.2, -0.15) is 0 Å². The predicted octanol–water partition coefficient (Wildman–Crippen LogP) is 1.88. The summed E-state index contributed by atoms with van der Waals surface area (Å²) in [6, 6.07) is 9.19. The van der Waals surface area contributed by atoms with Crippen LogP contribution in [0.5, 0.6) is 0 Å². The van der Waals surface area contributed by atoms with Gasteiger partial charge in [-0.25, -0.2) is 8.42 Å². The van der Waals surface area contributed by atoms with Gasteiger partial charge in [0, 0.05) is 51.4 Å². The van der Waals surface area contributed by atoms with Gasteiger partial charge in [-0.15, -0.1) is 0 Å². The Kier molecular flexibility index (Phi) is 5.92. The van der Waals surface area contributed by atoms with Crippen molar-refractivity contribution in [1.82, 2.24) is 15.0 Å². The molecule has 0 saturated carbocycles. The van der Waals surface area contributed by atoms with Crippen LogP contribution in [0.15, 0.2) is 40.9 Å². The molecule has 0 N–H and O–H groups in total. The molecule has 0 unspecified atom stereocenters. The zero-order valence-electron chi connectivity index (χ0n) is 17.0. The lowest BCUT2D eigenvalue weighted by atomic mass is 10.2. The van der Waals surface area contributed by atoms with Crippen molar-refractivity contribution in [2.24, 2.45) is 0 Å². The highest BCUT2D eigenvalue weighted by Crippen LogP contribution is 2.24. The Morgan fingerprint density at radius 2 is 1.87 bits per heavy atom. The number of aryl methyl sites for hydroxylation is 1. The fourth-order valence-corrected chi connectivity index (χ4v) is 5.37. The maximum Gasteiger partial charge on any atom is 0.246 e. The highest BCUT2D eigenvalue weighted by Gasteiger charge is 2.28. The number of rotatable bonds is 5. The highest BCUT2D eigenvalue weighted by molar-refractivity contribution is 7.93. The van der Waals surface area contributed by atoms with E-state index in [1.54, 1.807) is 24.3 Å². The zero-order valence-corrected chi connectivity index (χ0v) is 17.8. The number of aromatic nitrogens is 1. The van der Waals surface area contributed by atoms with Crippen LogP contribution in [-0.4, -0.2) is 67.8 Å². The second-order valence-electron chi connectivity index (χ2n) is 7.70. The Morgan fingerprint density at radius 1 is 1.13 bits per heavy atom. The molecule has 0 aliphatic carbocycles. The molecule has 1 aromatic heterocycles. The van der Waals surface area contributed by atoms with Crippen molar-refractivity contribution in [3.05, 3.63) is 53.4 Å². The number of sulfonamides is 1. The minimum atomic E-state index is -3.18. The van der Waals surface area contributed by atoms with Gasteiger partial charge < -0.3 is 9.42 Å². The van der Waals surface area contributed by atoms with E-state index in [9.17, 15) is 13.2 Å². The van der Waals surface area contributed by atoms with Crippen molar-refractivity contribution in [2.45, 2.75) is 19.9 Å². The molecule has 9 heteroatoms. The monoisotopic (exact) mass is 430 g/mol. The molecular formula is C21H26N4O4S. The molecule has 2 aromatic rings. The smallest absolute Gasteiger partial charge is 0.246 e. The summed E-state index contributed by atoms with van der Waals surface area (Å²) >= 11 is 0. The molecule has 0 spiro atoms. The first-order valence-corrected chi connectivity index (χ1v) is 11.7. The van der Waals surface area contributed by atoms with E-state index in [1.165, 1.54) is 4.31 Å². The lowest BCUT2D eigenvalue weighted by Gasteiger charge is -2.33. The Morgan fingerprint density at radius 3 is 2.47 bits per heavy atom. The number of benzene rings is 1. The van der Waals surface area contributed by atoms with Gasteiger partial charge in [0.2, 0.25) is 15.9 Å². The van der Waals surface area contributed by atoms with Crippen molar-refractivity contribution in [1.29, 1.82) is 0 Å². The van der Waals surface area contributed by atoms with Crippen LogP contribution in [0.25, 0.3) is 6.08 Å². The van der Waals surface area contributed by atoms with Gasteiger partial charge in [-0.1, -0.05) is 17.3 Å². The van der Waals surface area contributed by atoms with E-state index in [4.69, 9.17) is 4.52 Å². The molecule has 2 aliphatic heterocycles. The minimum absolute atomic E-state index is 0.0156. The Balaban J connectivity index is 1.29. The maximum absolute atomic E-state index is 12.5. The van der Waals surface area contributed by atoms with E-state index in [0.717, 1.165) is 36.7 Å². The Labute approximate surface area is 176 Å². The molecule has 2 aliphatic rings. The van der Waals surface area contributed by atoms with E-state index >= 15 is 0 Å². The molecule has 3 heterocycles. The molecule has 0 radical (unpaired) electrons. The van der Waals surface area contributed by atoms with Gasteiger partial charge in [0.25, 0.3) is 0 Å². The van der Waals surface area contributed by atoms with Gasteiger partial charge in [-0.05, 0) is 37.1 Å². The summed E-state index contributed by atoms with van der Waals surface area (Å²) in [7, 11) is -3.18. The second kappa shape index (κ2) is 8.61. The molecule has 1 aromatic carbocycles. The molecule has 2 saturated heterocycles. The number of anilines is 1. The molecule has 8 nitrogen and oxygen atoms in total. The fraction of sp³-hybridized carbons (Fsp3) is 0.429. The quantitative estimate of drug-likeness (QED) is 0.673. The second-order valence-corrected chi connectivity index (χ2v) is 9.71. The molecule has 30 heavy (non-hydrogen) atoms. The number of piperazine rings is 1.